The third-order valence-electron chi connectivity index (χ3n) is 5.23. The number of anilines is 1. The van der Waals surface area contributed by atoms with E-state index in [9.17, 15) is 13.2 Å². The Bertz CT molecular complexity index is 918. The number of nitrogens with one attached hydrogen (secondary N) is 2. The van der Waals surface area contributed by atoms with Crippen LogP contribution in [0.2, 0.25) is 0 Å². The number of carbonyl (C=O) groups is 1. The summed E-state index contributed by atoms with van der Waals surface area (Å²) in [7, 11) is -3.53. The molecule has 2 heterocycles. The van der Waals surface area contributed by atoms with E-state index in [0.29, 0.717) is 23.7 Å². The Kier molecular flexibility index (Phi) is 4.88. The van der Waals surface area contributed by atoms with Crippen molar-refractivity contribution in [2.75, 3.05) is 31.5 Å². The van der Waals surface area contributed by atoms with Crippen LogP contribution in [0.3, 0.4) is 0 Å². The van der Waals surface area contributed by atoms with Crippen molar-refractivity contribution >= 4 is 21.7 Å². The zero-order chi connectivity index (χ0) is 18.9. The number of urea groups is 1. The minimum Gasteiger partial charge on any atom is -0.322 e. The molecule has 0 spiro atoms. The highest BCUT2D eigenvalue weighted by atomic mass is 32.2. The van der Waals surface area contributed by atoms with E-state index in [2.05, 4.69) is 15.5 Å². The second-order valence-electron chi connectivity index (χ2n) is 6.95. The number of fused-ring (bicyclic) bond motifs is 1. The topological polar surface area (TPSA) is 98.4 Å². The van der Waals surface area contributed by atoms with E-state index in [-0.39, 0.29) is 19.1 Å². The molecule has 1 saturated heterocycles. The van der Waals surface area contributed by atoms with Gasteiger partial charge >= 0.3 is 6.03 Å². The molecular weight excluding hydrogens is 366 g/mol. The van der Waals surface area contributed by atoms with Gasteiger partial charge in [-0.2, -0.15) is 9.40 Å². The number of amides is 2. The average Bonchev–Trinajstić information content (AvgIpc) is 3.20. The van der Waals surface area contributed by atoms with Crippen molar-refractivity contribution in [3.8, 4) is 0 Å². The van der Waals surface area contributed by atoms with E-state index in [1.54, 1.807) is 17.2 Å². The Labute approximate surface area is 158 Å². The van der Waals surface area contributed by atoms with Crippen LogP contribution in [0.4, 0.5) is 10.5 Å². The standard InChI is InChI=1S/C18H23N5O3S/c24-18(21-16-12-19-20-13-16)22-7-9-23(10-8-22)27(25,26)17-6-5-14-3-1-2-4-15(14)11-17/h5-6,11-13H,1-4,7-10H2,(H,19,20)(H,21,24). The Hall–Kier alpha value is -2.39. The molecule has 27 heavy (non-hydrogen) atoms. The molecule has 4 rings (SSSR count). The highest BCUT2D eigenvalue weighted by Crippen LogP contribution is 2.26. The summed E-state index contributed by atoms with van der Waals surface area (Å²) >= 11 is 0. The molecule has 1 aromatic carbocycles. The van der Waals surface area contributed by atoms with Gasteiger partial charge in [0.1, 0.15) is 0 Å². The molecule has 1 fully saturated rings. The highest BCUT2D eigenvalue weighted by molar-refractivity contribution is 7.89. The van der Waals surface area contributed by atoms with Gasteiger partial charge in [-0.1, -0.05) is 6.07 Å². The predicted molar refractivity (Wildman–Crippen MR) is 101 cm³/mol. The van der Waals surface area contributed by atoms with Crippen molar-refractivity contribution in [1.29, 1.82) is 0 Å². The summed E-state index contributed by atoms with van der Waals surface area (Å²) < 4.78 is 27.5. The number of rotatable bonds is 3. The number of hydrogen-bond acceptors (Lipinski definition) is 4. The molecule has 2 aromatic rings. The quantitative estimate of drug-likeness (QED) is 0.837. The lowest BCUT2D eigenvalue weighted by molar-refractivity contribution is 0.184. The van der Waals surface area contributed by atoms with Crippen LogP contribution in [0.15, 0.2) is 35.5 Å². The predicted octanol–water partition coefficient (Wildman–Crippen LogP) is 1.83. The van der Waals surface area contributed by atoms with Gasteiger partial charge in [0, 0.05) is 32.4 Å². The number of aryl methyl sites for hydroxylation is 2. The van der Waals surface area contributed by atoms with Crippen LogP contribution < -0.4 is 5.32 Å². The molecule has 0 unspecified atom stereocenters. The minimum atomic E-state index is -3.53. The lowest BCUT2D eigenvalue weighted by Gasteiger charge is -2.34. The van der Waals surface area contributed by atoms with Gasteiger partial charge in [-0.15, -0.1) is 0 Å². The maximum atomic E-state index is 13.0. The van der Waals surface area contributed by atoms with Gasteiger partial charge in [0.25, 0.3) is 0 Å². The Morgan fingerprint density at radius 2 is 1.81 bits per heavy atom. The molecule has 9 heteroatoms. The molecule has 0 atom stereocenters. The fourth-order valence-electron chi connectivity index (χ4n) is 3.67. The summed E-state index contributed by atoms with van der Waals surface area (Å²) in [5.74, 6) is 0. The molecule has 2 N–H and O–H groups in total. The molecule has 8 nitrogen and oxygen atoms in total. The van der Waals surface area contributed by atoms with Crippen molar-refractivity contribution in [2.45, 2.75) is 30.6 Å². The van der Waals surface area contributed by atoms with E-state index >= 15 is 0 Å². The first-order chi connectivity index (χ1) is 13.0. The SMILES string of the molecule is O=C(Nc1cn[nH]c1)N1CCN(S(=O)(=O)c2ccc3c(c2)CCCC3)CC1. The summed E-state index contributed by atoms with van der Waals surface area (Å²) in [6, 6.07) is 5.26. The Morgan fingerprint density at radius 1 is 1.07 bits per heavy atom. The van der Waals surface area contributed by atoms with Crippen molar-refractivity contribution in [3.63, 3.8) is 0 Å². The molecule has 1 aliphatic carbocycles. The van der Waals surface area contributed by atoms with Crippen molar-refractivity contribution in [3.05, 3.63) is 41.7 Å². The van der Waals surface area contributed by atoms with Crippen LogP contribution in [0.5, 0.6) is 0 Å². The van der Waals surface area contributed by atoms with Crippen molar-refractivity contribution < 1.29 is 13.2 Å². The van der Waals surface area contributed by atoms with Crippen LogP contribution in [0, 0.1) is 0 Å². The molecule has 144 valence electrons. The molecule has 1 aromatic heterocycles. The van der Waals surface area contributed by atoms with Gasteiger partial charge in [-0.05, 0) is 48.9 Å². The number of carbonyl (C=O) groups excluding carboxylic acids is 1. The normalized spacial score (nSPS) is 18.1. The molecule has 0 radical (unpaired) electrons. The number of hydrogen-bond donors (Lipinski definition) is 2. The van der Waals surface area contributed by atoms with Gasteiger partial charge in [0.15, 0.2) is 0 Å². The zero-order valence-electron chi connectivity index (χ0n) is 15.0. The Balaban J connectivity index is 1.42. The maximum Gasteiger partial charge on any atom is 0.322 e. The zero-order valence-corrected chi connectivity index (χ0v) is 15.8. The third kappa shape index (κ3) is 3.70. The van der Waals surface area contributed by atoms with Crippen LogP contribution in [-0.2, 0) is 22.9 Å². The second-order valence-corrected chi connectivity index (χ2v) is 8.88. The van der Waals surface area contributed by atoms with Crippen LogP contribution in [0.1, 0.15) is 24.0 Å². The van der Waals surface area contributed by atoms with E-state index < -0.39 is 10.0 Å². The number of aromatic amines is 1. The molecule has 1 aliphatic heterocycles. The van der Waals surface area contributed by atoms with Gasteiger partial charge in [-0.25, -0.2) is 13.2 Å². The monoisotopic (exact) mass is 389 g/mol. The average molecular weight is 389 g/mol. The lowest BCUT2D eigenvalue weighted by atomic mass is 9.92. The second kappa shape index (κ2) is 7.32. The molecule has 2 aliphatic rings. The van der Waals surface area contributed by atoms with Crippen LogP contribution in [0.25, 0.3) is 0 Å². The summed E-state index contributed by atoms with van der Waals surface area (Å²) in [4.78, 5) is 14.2. The number of nitrogens with zero attached hydrogens (tertiary/aromatic N) is 3. The molecule has 2 amide bonds. The van der Waals surface area contributed by atoms with E-state index in [1.165, 1.54) is 22.5 Å². The summed E-state index contributed by atoms with van der Waals surface area (Å²) in [5.41, 5.74) is 3.01. The summed E-state index contributed by atoms with van der Waals surface area (Å²) in [6.07, 6.45) is 7.37. The Morgan fingerprint density at radius 3 is 2.52 bits per heavy atom. The first-order valence-electron chi connectivity index (χ1n) is 9.21. The van der Waals surface area contributed by atoms with E-state index in [4.69, 9.17) is 0 Å². The van der Waals surface area contributed by atoms with Crippen molar-refractivity contribution in [1.82, 2.24) is 19.4 Å². The van der Waals surface area contributed by atoms with Gasteiger partial charge in [0.2, 0.25) is 10.0 Å². The smallest absolute Gasteiger partial charge is 0.322 e. The first kappa shape index (κ1) is 18.0. The van der Waals surface area contributed by atoms with Gasteiger partial charge in [-0.3, -0.25) is 5.10 Å². The fraction of sp³-hybridized carbons (Fsp3) is 0.444. The number of H-pyrrole nitrogens is 1. The molecule has 0 bridgehead atoms. The number of piperazine rings is 1. The van der Waals surface area contributed by atoms with Crippen LogP contribution >= 0.6 is 0 Å². The van der Waals surface area contributed by atoms with Gasteiger partial charge in [0.05, 0.1) is 16.8 Å². The van der Waals surface area contributed by atoms with Crippen molar-refractivity contribution in [2.24, 2.45) is 0 Å². The summed E-state index contributed by atoms with van der Waals surface area (Å²) in [5, 5.41) is 9.15. The first-order valence-corrected chi connectivity index (χ1v) is 10.6. The van der Waals surface area contributed by atoms with Gasteiger partial charge < -0.3 is 10.2 Å². The third-order valence-corrected chi connectivity index (χ3v) is 7.13. The van der Waals surface area contributed by atoms with Crippen LogP contribution in [-0.4, -0.2) is 60.0 Å². The fourth-order valence-corrected chi connectivity index (χ4v) is 5.15. The molecular formula is C18H23N5O3S. The summed E-state index contributed by atoms with van der Waals surface area (Å²) in [6.45, 7) is 1.29. The van der Waals surface area contributed by atoms with E-state index in [0.717, 1.165) is 24.8 Å². The molecule has 0 saturated carbocycles. The van der Waals surface area contributed by atoms with E-state index in [1.807, 2.05) is 12.1 Å². The largest absolute Gasteiger partial charge is 0.322 e. The number of benzene rings is 1. The number of sulfonamides is 1. The lowest BCUT2D eigenvalue weighted by Crippen LogP contribution is -2.51. The maximum absolute atomic E-state index is 13.0. The highest BCUT2D eigenvalue weighted by Gasteiger charge is 2.30. The minimum absolute atomic E-state index is 0.248. The number of aromatic nitrogens is 2.